The molecule has 1 amide bonds. The fraction of sp³-hybridized carbons (Fsp3) is 0.188. The van der Waals surface area contributed by atoms with E-state index in [-0.39, 0.29) is 5.91 Å². The van der Waals surface area contributed by atoms with E-state index in [0.29, 0.717) is 0 Å². The lowest BCUT2D eigenvalue weighted by Crippen LogP contribution is -2.07. The summed E-state index contributed by atoms with van der Waals surface area (Å²) in [6.45, 7) is 3.90. The quantitative estimate of drug-likeness (QED) is 0.729. The lowest BCUT2D eigenvalue weighted by molar-refractivity contribution is -0.111. The minimum absolute atomic E-state index is 0.175. The van der Waals surface area contributed by atoms with Crippen molar-refractivity contribution in [3.8, 4) is 0 Å². The molecular formula is C16H17N5O. The smallest absolute Gasteiger partial charge is 0.248 e. The van der Waals surface area contributed by atoms with Crippen molar-refractivity contribution in [3.63, 3.8) is 0 Å². The number of aromatic amines is 1. The third kappa shape index (κ3) is 2.63. The molecule has 0 aliphatic heterocycles. The highest BCUT2D eigenvalue weighted by Gasteiger charge is 2.07. The third-order valence-electron chi connectivity index (χ3n) is 3.67. The zero-order chi connectivity index (χ0) is 15.7. The Morgan fingerprint density at radius 2 is 2.18 bits per heavy atom. The van der Waals surface area contributed by atoms with E-state index < -0.39 is 0 Å². The molecule has 0 atom stereocenters. The normalized spacial score (nSPS) is 11.4. The fourth-order valence-electron chi connectivity index (χ4n) is 2.39. The maximum Gasteiger partial charge on any atom is 0.248 e. The molecule has 22 heavy (non-hydrogen) atoms. The summed E-state index contributed by atoms with van der Waals surface area (Å²) in [6, 6.07) is 5.61. The van der Waals surface area contributed by atoms with Gasteiger partial charge >= 0.3 is 0 Å². The topological polar surface area (TPSA) is 75.6 Å². The van der Waals surface area contributed by atoms with Gasteiger partial charge in [0.2, 0.25) is 5.91 Å². The minimum Gasteiger partial charge on any atom is -0.322 e. The average molecular weight is 295 g/mol. The van der Waals surface area contributed by atoms with Gasteiger partial charge in [-0.25, -0.2) is 0 Å². The van der Waals surface area contributed by atoms with Gasteiger partial charge in [0, 0.05) is 35.5 Å². The maximum atomic E-state index is 12.0. The van der Waals surface area contributed by atoms with Gasteiger partial charge in [-0.15, -0.1) is 0 Å². The summed E-state index contributed by atoms with van der Waals surface area (Å²) in [5, 5.41) is 15.0. The van der Waals surface area contributed by atoms with E-state index in [9.17, 15) is 4.79 Å². The molecule has 0 saturated carbocycles. The molecule has 1 aromatic carbocycles. The number of carbonyl (C=O) groups is 1. The Balaban J connectivity index is 1.75. The van der Waals surface area contributed by atoms with Crippen molar-refractivity contribution in [2.45, 2.75) is 13.8 Å². The molecule has 0 aliphatic carbocycles. The first-order valence-corrected chi connectivity index (χ1v) is 6.97. The van der Waals surface area contributed by atoms with Crippen molar-refractivity contribution in [3.05, 3.63) is 47.4 Å². The number of hydrogen-bond donors (Lipinski definition) is 2. The molecule has 0 aliphatic rings. The monoisotopic (exact) mass is 295 g/mol. The Bertz CT molecular complexity index is 872. The number of amides is 1. The number of hydrogen-bond acceptors (Lipinski definition) is 3. The van der Waals surface area contributed by atoms with E-state index in [2.05, 4.69) is 20.6 Å². The van der Waals surface area contributed by atoms with Gasteiger partial charge in [-0.3, -0.25) is 14.6 Å². The van der Waals surface area contributed by atoms with Gasteiger partial charge < -0.3 is 5.32 Å². The highest BCUT2D eigenvalue weighted by Crippen LogP contribution is 2.17. The second-order valence-electron chi connectivity index (χ2n) is 5.20. The first-order valence-electron chi connectivity index (χ1n) is 6.97. The number of H-pyrrole nitrogens is 1. The van der Waals surface area contributed by atoms with E-state index in [1.54, 1.807) is 17.0 Å². The van der Waals surface area contributed by atoms with Crippen LogP contribution < -0.4 is 5.32 Å². The lowest BCUT2D eigenvalue weighted by Gasteiger charge is -2.02. The highest BCUT2D eigenvalue weighted by atomic mass is 16.1. The Hall–Kier alpha value is -2.89. The summed E-state index contributed by atoms with van der Waals surface area (Å²) in [4.78, 5) is 12.0. The number of aryl methyl sites for hydroxylation is 2. The summed E-state index contributed by atoms with van der Waals surface area (Å²) >= 11 is 0. The number of fused-ring (bicyclic) bond motifs is 1. The van der Waals surface area contributed by atoms with Crippen molar-refractivity contribution in [2.24, 2.45) is 7.05 Å². The van der Waals surface area contributed by atoms with E-state index in [0.717, 1.165) is 33.5 Å². The molecule has 2 aromatic heterocycles. The number of benzene rings is 1. The van der Waals surface area contributed by atoms with Crippen LogP contribution in [0.15, 0.2) is 30.5 Å². The largest absolute Gasteiger partial charge is 0.322 e. The standard InChI is InChI=1S/C16H17N5O/c1-10-14(11(2)21(3)20-10)5-7-16(22)18-13-4-6-15-12(8-13)9-17-19-15/h4-9H,1-3H3,(H,17,19)(H,18,22)/b7-5+. The van der Waals surface area contributed by atoms with Crippen LogP contribution in [0.3, 0.4) is 0 Å². The molecule has 112 valence electrons. The van der Waals surface area contributed by atoms with Crippen molar-refractivity contribution in [1.82, 2.24) is 20.0 Å². The molecular weight excluding hydrogens is 278 g/mol. The molecule has 0 bridgehead atoms. The zero-order valence-corrected chi connectivity index (χ0v) is 12.7. The molecule has 0 spiro atoms. The van der Waals surface area contributed by atoms with Gasteiger partial charge in [-0.2, -0.15) is 10.2 Å². The number of carbonyl (C=O) groups excluding carboxylic acids is 1. The van der Waals surface area contributed by atoms with Crippen molar-refractivity contribution in [2.75, 3.05) is 5.32 Å². The molecule has 0 unspecified atom stereocenters. The Kier molecular flexibility index (Phi) is 3.50. The van der Waals surface area contributed by atoms with Crippen molar-refractivity contribution < 1.29 is 4.79 Å². The predicted octanol–water partition coefficient (Wildman–Crippen LogP) is 2.57. The summed E-state index contributed by atoms with van der Waals surface area (Å²) in [7, 11) is 1.89. The number of nitrogens with one attached hydrogen (secondary N) is 2. The van der Waals surface area contributed by atoms with Crippen LogP contribution in [0.1, 0.15) is 17.0 Å². The van der Waals surface area contributed by atoms with Crippen LogP contribution in [0.2, 0.25) is 0 Å². The molecule has 3 aromatic rings. The Morgan fingerprint density at radius 3 is 2.91 bits per heavy atom. The van der Waals surface area contributed by atoms with E-state index in [1.165, 1.54) is 6.08 Å². The Labute approximate surface area is 127 Å². The maximum absolute atomic E-state index is 12.0. The summed E-state index contributed by atoms with van der Waals surface area (Å²) in [5.74, 6) is -0.175. The first kappa shape index (κ1) is 14.1. The molecule has 6 nitrogen and oxygen atoms in total. The number of nitrogens with zero attached hydrogens (tertiary/aromatic N) is 3. The molecule has 0 fully saturated rings. The van der Waals surface area contributed by atoms with Crippen LogP contribution in [-0.2, 0) is 11.8 Å². The number of anilines is 1. The van der Waals surface area contributed by atoms with Gasteiger partial charge in [-0.05, 0) is 38.1 Å². The lowest BCUT2D eigenvalue weighted by atomic mass is 10.2. The molecule has 2 heterocycles. The molecule has 2 N–H and O–H groups in total. The van der Waals surface area contributed by atoms with Crippen LogP contribution >= 0.6 is 0 Å². The molecule has 6 heteroatoms. The van der Waals surface area contributed by atoms with Crippen molar-refractivity contribution >= 4 is 28.6 Å². The SMILES string of the molecule is Cc1nn(C)c(C)c1/C=C/C(=O)Nc1ccc2[nH]ncc2c1. The summed E-state index contributed by atoms with van der Waals surface area (Å²) in [5.41, 5.74) is 4.59. The minimum atomic E-state index is -0.175. The van der Waals surface area contributed by atoms with Crippen LogP contribution in [0, 0.1) is 13.8 Å². The number of rotatable bonds is 3. The molecule has 0 radical (unpaired) electrons. The van der Waals surface area contributed by atoms with Gasteiger partial charge in [0.1, 0.15) is 0 Å². The second-order valence-corrected chi connectivity index (χ2v) is 5.20. The summed E-state index contributed by atoms with van der Waals surface area (Å²) < 4.78 is 1.81. The highest BCUT2D eigenvalue weighted by molar-refractivity contribution is 6.03. The average Bonchev–Trinajstić information content (AvgIpc) is 3.02. The molecule has 3 rings (SSSR count). The van der Waals surface area contributed by atoms with Gasteiger partial charge in [0.05, 0.1) is 17.4 Å². The third-order valence-corrected chi connectivity index (χ3v) is 3.67. The van der Waals surface area contributed by atoms with E-state index in [1.807, 2.05) is 39.1 Å². The predicted molar refractivity (Wildman–Crippen MR) is 86.4 cm³/mol. The zero-order valence-electron chi connectivity index (χ0n) is 12.7. The van der Waals surface area contributed by atoms with Gasteiger partial charge in [0.25, 0.3) is 0 Å². The van der Waals surface area contributed by atoms with E-state index in [4.69, 9.17) is 0 Å². The second kappa shape index (κ2) is 5.48. The van der Waals surface area contributed by atoms with E-state index >= 15 is 0 Å². The fourth-order valence-corrected chi connectivity index (χ4v) is 2.39. The number of aromatic nitrogens is 4. The van der Waals surface area contributed by atoms with Crippen LogP contribution in [0.25, 0.3) is 17.0 Å². The van der Waals surface area contributed by atoms with Crippen LogP contribution in [-0.4, -0.2) is 25.9 Å². The Morgan fingerprint density at radius 1 is 1.36 bits per heavy atom. The van der Waals surface area contributed by atoms with Crippen molar-refractivity contribution in [1.29, 1.82) is 0 Å². The van der Waals surface area contributed by atoms with Gasteiger partial charge in [0.15, 0.2) is 0 Å². The van der Waals surface area contributed by atoms with Crippen LogP contribution in [0.5, 0.6) is 0 Å². The first-order chi connectivity index (χ1) is 10.5. The summed E-state index contributed by atoms with van der Waals surface area (Å²) in [6.07, 6.45) is 5.04. The molecule has 0 saturated heterocycles. The van der Waals surface area contributed by atoms with Gasteiger partial charge in [-0.1, -0.05) is 0 Å². The van der Waals surface area contributed by atoms with Crippen LogP contribution in [0.4, 0.5) is 5.69 Å².